The molecule has 25 heavy (non-hydrogen) atoms. The van der Waals surface area contributed by atoms with Crippen molar-refractivity contribution in [1.82, 2.24) is 9.38 Å². The highest BCUT2D eigenvalue weighted by molar-refractivity contribution is 7.15. The largest absolute Gasteiger partial charge is 0.481 e. The normalized spacial score (nSPS) is 11.6. The summed E-state index contributed by atoms with van der Waals surface area (Å²) in [4.78, 5) is 28.4. The summed E-state index contributed by atoms with van der Waals surface area (Å²) in [5.41, 5.74) is 1.95. The van der Waals surface area contributed by atoms with E-state index in [0.29, 0.717) is 5.69 Å². The van der Waals surface area contributed by atoms with E-state index in [9.17, 15) is 9.59 Å². The van der Waals surface area contributed by atoms with Crippen LogP contribution in [0.25, 0.3) is 16.2 Å². The molecule has 2 N–H and O–H groups in total. The third-order valence-corrected chi connectivity index (χ3v) is 4.60. The van der Waals surface area contributed by atoms with E-state index in [1.165, 1.54) is 0 Å². The van der Waals surface area contributed by atoms with Gasteiger partial charge in [-0.3, -0.25) is 14.0 Å². The van der Waals surface area contributed by atoms with Crippen molar-refractivity contribution in [3.8, 4) is 11.3 Å². The van der Waals surface area contributed by atoms with E-state index in [1.54, 1.807) is 25.2 Å². The molecule has 0 bridgehead atoms. The van der Waals surface area contributed by atoms with E-state index in [2.05, 4.69) is 10.3 Å². The summed E-state index contributed by atoms with van der Waals surface area (Å²) < 4.78 is 1.97. The molecular formula is C18H19N3O3S. The predicted molar refractivity (Wildman–Crippen MR) is 97.8 cm³/mol. The van der Waals surface area contributed by atoms with Crippen molar-refractivity contribution < 1.29 is 14.7 Å². The molecule has 0 spiro atoms. The van der Waals surface area contributed by atoms with E-state index in [-0.39, 0.29) is 18.7 Å². The molecule has 0 fully saturated rings. The van der Waals surface area contributed by atoms with Gasteiger partial charge >= 0.3 is 5.97 Å². The minimum Gasteiger partial charge on any atom is -0.481 e. The molecule has 7 heteroatoms. The standard InChI is InChI=1S/C18H19N3O3S/c1-18(2,10-16(23)24)9-15(22)19-13-5-3-12(4-6-13)14-11-21-7-8-25-17(21)20-14/h3-8,11H,9-10H2,1-2H3,(H,19,22)(H,23,24). The molecule has 3 aromatic rings. The molecule has 0 unspecified atom stereocenters. The number of imidazole rings is 1. The Bertz CT molecular complexity index is 881. The van der Waals surface area contributed by atoms with Crippen molar-refractivity contribution >= 4 is 33.9 Å². The number of amides is 1. The first-order valence-corrected chi connectivity index (χ1v) is 8.75. The number of carboxylic acid groups (broad SMARTS) is 1. The van der Waals surface area contributed by atoms with Gasteiger partial charge in [0.05, 0.1) is 12.1 Å². The molecule has 0 saturated carbocycles. The first-order chi connectivity index (χ1) is 11.8. The highest BCUT2D eigenvalue weighted by Crippen LogP contribution is 2.26. The smallest absolute Gasteiger partial charge is 0.303 e. The predicted octanol–water partition coefficient (Wildman–Crippen LogP) is 3.89. The zero-order valence-electron chi connectivity index (χ0n) is 14.0. The minimum atomic E-state index is -0.901. The van der Waals surface area contributed by atoms with Crippen LogP contribution in [0.1, 0.15) is 26.7 Å². The molecule has 0 aliphatic heterocycles. The molecule has 0 saturated heterocycles. The van der Waals surface area contributed by atoms with Crippen LogP contribution in [0.2, 0.25) is 0 Å². The maximum Gasteiger partial charge on any atom is 0.303 e. The first-order valence-electron chi connectivity index (χ1n) is 7.87. The van der Waals surface area contributed by atoms with E-state index >= 15 is 0 Å². The van der Waals surface area contributed by atoms with Crippen molar-refractivity contribution in [2.24, 2.45) is 5.41 Å². The zero-order valence-corrected chi connectivity index (χ0v) is 14.8. The number of aromatic nitrogens is 2. The second-order valence-corrected chi connectivity index (χ2v) is 7.63. The van der Waals surface area contributed by atoms with Gasteiger partial charge in [-0.1, -0.05) is 26.0 Å². The molecule has 0 aliphatic rings. The molecule has 0 aliphatic carbocycles. The highest BCUT2D eigenvalue weighted by atomic mass is 32.1. The third-order valence-electron chi connectivity index (χ3n) is 3.83. The summed E-state index contributed by atoms with van der Waals surface area (Å²) in [6.45, 7) is 3.54. The molecule has 2 aromatic heterocycles. The summed E-state index contributed by atoms with van der Waals surface area (Å²) in [6.07, 6.45) is 4.03. The van der Waals surface area contributed by atoms with Crippen LogP contribution in [0.4, 0.5) is 5.69 Å². The topological polar surface area (TPSA) is 83.7 Å². The number of carbonyl (C=O) groups is 2. The van der Waals surface area contributed by atoms with E-state index in [1.807, 2.05) is 46.4 Å². The number of benzene rings is 1. The number of fused-ring (bicyclic) bond motifs is 1. The lowest BCUT2D eigenvalue weighted by Gasteiger charge is -2.21. The van der Waals surface area contributed by atoms with Gasteiger partial charge in [0, 0.05) is 35.4 Å². The molecule has 130 valence electrons. The molecule has 1 amide bonds. The van der Waals surface area contributed by atoms with Crippen LogP contribution in [0.5, 0.6) is 0 Å². The molecule has 2 heterocycles. The average Bonchev–Trinajstić information content (AvgIpc) is 3.06. The lowest BCUT2D eigenvalue weighted by molar-refractivity contribution is -0.139. The summed E-state index contributed by atoms with van der Waals surface area (Å²) >= 11 is 1.58. The number of nitrogens with one attached hydrogen (secondary N) is 1. The number of thiazole rings is 1. The fraction of sp³-hybridized carbons (Fsp3) is 0.278. The number of hydrogen-bond acceptors (Lipinski definition) is 4. The number of aliphatic carboxylic acids is 1. The zero-order chi connectivity index (χ0) is 18.0. The second kappa shape index (κ2) is 6.68. The number of rotatable bonds is 6. The Balaban J connectivity index is 1.65. The number of hydrogen-bond donors (Lipinski definition) is 2. The Morgan fingerprint density at radius 3 is 2.60 bits per heavy atom. The van der Waals surface area contributed by atoms with Crippen LogP contribution < -0.4 is 5.32 Å². The average molecular weight is 357 g/mol. The van der Waals surface area contributed by atoms with E-state index in [0.717, 1.165) is 16.2 Å². The van der Waals surface area contributed by atoms with Crippen LogP contribution in [0, 0.1) is 5.41 Å². The molecule has 1 aromatic carbocycles. The van der Waals surface area contributed by atoms with Crippen LogP contribution in [-0.2, 0) is 9.59 Å². The number of carbonyl (C=O) groups excluding carboxylic acids is 1. The maximum absolute atomic E-state index is 12.1. The number of carboxylic acids is 1. The van der Waals surface area contributed by atoms with Gasteiger partial charge in [0.1, 0.15) is 0 Å². The first kappa shape index (κ1) is 17.2. The quantitative estimate of drug-likeness (QED) is 0.701. The van der Waals surface area contributed by atoms with Crippen molar-refractivity contribution in [1.29, 1.82) is 0 Å². The van der Waals surface area contributed by atoms with Crippen molar-refractivity contribution in [2.75, 3.05) is 5.32 Å². The van der Waals surface area contributed by atoms with Crippen LogP contribution >= 0.6 is 11.3 Å². The van der Waals surface area contributed by atoms with Gasteiger partial charge in [-0.05, 0) is 17.5 Å². The summed E-state index contributed by atoms with van der Waals surface area (Å²) in [5.74, 6) is -1.09. The van der Waals surface area contributed by atoms with Crippen molar-refractivity contribution in [2.45, 2.75) is 26.7 Å². The molecular weight excluding hydrogens is 338 g/mol. The lowest BCUT2D eigenvalue weighted by atomic mass is 9.85. The monoisotopic (exact) mass is 357 g/mol. The van der Waals surface area contributed by atoms with Gasteiger partial charge < -0.3 is 10.4 Å². The molecule has 3 rings (SSSR count). The Kier molecular flexibility index (Phi) is 4.59. The van der Waals surface area contributed by atoms with Crippen LogP contribution in [-0.4, -0.2) is 26.4 Å². The van der Waals surface area contributed by atoms with E-state index in [4.69, 9.17) is 5.11 Å². The maximum atomic E-state index is 12.1. The molecule has 0 atom stereocenters. The number of anilines is 1. The fourth-order valence-corrected chi connectivity index (χ4v) is 3.40. The van der Waals surface area contributed by atoms with Crippen LogP contribution in [0.15, 0.2) is 42.0 Å². The Morgan fingerprint density at radius 2 is 1.96 bits per heavy atom. The second-order valence-electron chi connectivity index (χ2n) is 6.76. The Morgan fingerprint density at radius 1 is 1.24 bits per heavy atom. The van der Waals surface area contributed by atoms with Gasteiger partial charge in [-0.25, -0.2) is 4.98 Å². The van der Waals surface area contributed by atoms with E-state index < -0.39 is 11.4 Å². The highest BCUT2D eigenvalue weighted by Gasteiger charge is 2.25. The Labute approximate surface area is 149 Å². The van der Waals surface area contributed by atoms with Crippen molar-refractivity contribution in [3.05, 3.63) is 42.0 Å². The summed E-state index contributed by atoms with van der Waals surface area (Å²) in [7, 11) is 0. The Hall–Kier alpha value is -2.67. The minimum absolute atomic E-state index is 0.0448. The van der Waals surface area contributed by atoms with Gasteiger partial charge in [-0.2, -0.15) is 0 Å². The lowest BCUT2D eigenvalue weighted by Crippen LogP contribution is -2.24. The molecule has 6 nitrogen and oxygen atoms in total. The fourth-order valence-electron chi connectivity index (χ4n) is 2.70. The van der Waals surface area contributed by atoms with Gasteiger partial charge in [0.2, 0.25) is 5.91 Å². The van der Waals surface area contributed by atoms with Crippen LogP contribution in [0.3, 0.4) is 0 Å². The number of nitrogens with zero attached hydrogens (tertiary/aromatic N) is 2. The van der Waals surface area contributed by atoms with Gasteiger partial charge in [-0.15, -0.1) is 11.3 Å². The van der Waals surface area contributed by atoms with Crippen molar-refractivity contribution in [3.63, 3.8) is 0 Å². The SMILES string of the molecule is CC(C)(CC(=O)O)CC(=O)Nc1ccc(-c2cn3ccsc3n2)cc1. The van der Waals surface area contributed by atoms with Gasteiger partial charge in [0.15, 0.2) is 4.96 Å². The third kappa shape index (κ3) is 4.24. The summed E-state index contributed by atoms with van der Waals surface area (Å²) in [6, 6.07) is 7.46. The summed E-state index contributed by atoms with van der Waals surface area (Å²) in [5, 5.41) is 13.7. The molecule has 0 radical (unpaired) electrons. The van der Waals surface area contributed by atoms with Gasteiger partial charge in [0.25, 0.3) is 0 Å².